The molecule has 0 aliphatic carbocycles. The van der Waals surface area contributed by atoms with E-state index in [2.05, 4.69) is 0 Å². The molecule has 0 saturated carbocycles. The van der Waals surface area contributed by atoms with Gasteiger partial charge < -0.3 is 14.9 Å². The first kappa shape index (κ1) is 9.88. The first-order valence-electron chi connectivity index (χ1n) is 3.47. The molecule has 1 atom stereocenters. The zero-order valence-corrected chi connectivity index (χ0v) is 6.79. The first-order valence-corrected chi connectivity index (χ1v) is 3.47. The number of ether oxygens (including phenoxy) is 1. The zero-order chi connectivity index (χ0) is 8.20. The summed E-state index contributed by atoms with van der Waals surface area (Å²) in [7, 11) is 0. The monoisotopic (exact) mass is 148 g/mol. The van der Waals surface area contributed by atoms with Crippen LogP contribution in [0.3, 0.4) is 0 Å². The predicted molar refractivity (Wildman–Crippen MR) is 38.8 cm³/mol. The number of hydrogen-bond acceptors (Lipinski definition) is 3. The van der Waals surface area contributed by atoms with E-state index < -0.39 is 11.7 Å². The van der Waals surface area contributed by atoms with Crippen LogP contribution < -0.4 is 0 Å². The molecule has 0 radical (unpaired) electrons. The lowest BCUT2D eigenvalue weighted by atomic mass is 10.0. The lowest BCUT2D eigenvalue weighted by Crippen LogP contribution is -2.41. The summed E-state index contributed by atoms with van der Waals surface area (Å²) in [4.78, 5) is 0. The lowest BCUT2D eigenvalue weighted by molar-refractivity contribution is -0.111. The van der Waals surface area contributed by atoms with Crippen LogP contribution in [0.5, 0.6) is 0 Å². The number of aliphatic hydroxyl groups is 2. The molecule has 10 heavy (non-hydrogen) atoms. The maximum absolute atomic E-state index is 9.14. The van der Waals surface area contributed by atoms with Crippen molar-refractivity contribution < 1.29 is 14.9 Å². The maximum atomic E-state index is 9.14. The Morgan fingerprint density at radius 1 is 1.50 bits per heavy atom. The molecule has 0 bridgehead atoms. The summed E-state index contributed by atoms with van der Waals surface area (Å²) in [5.41, 5.74) is -0.635. The summed E-state index contributed by atoms with van der Waals surface area (Å²) in [5.74, 6) is 0. The van der Waals surface area contributed by atoms with Crippen molar-refractivity contribution >= 4 is 0 Å². The maximum Gasteiger partial charge on any atom is 0.105 e. The highest BCUT2D eigenvalue weighted by molar-refractivity contribution is 4.77. The summed E-state index contributed by atoms with van der Waals surface area (Å²) in [6.07, 6.45) is -0.799. The van der Waals surface area contributed by atoms with E-state index in [9.17, 15) is 0 Å². The van der Waals surface area contributed by atoms with Gasteiger partial charge in [0.1, 0.15) is 6.10 Å². The van der Waals surface area contributed by atoms with Crippen LogP contribution >= 0.6 is 0 Å². The van der Waals surface area contributed by atoms with Crippen LogP contribution in [0, 0.1) is 0 Å². The molecular weight excluding hydrogens is 132 g/mol. The Morgan fingerprint density at radius 3 is 2.30 bits per heavy atom. The van der Waals surface area contributed by atoms with Crippen molar-refractivity contribution in [2.75, 3.05) is 13.2 Å². The van der Waals surface area contributed by atoms with Crippen LogP contribution in [-0.2, 0) is 4.74 Å². The molecule has 2 N–H and O–H groups in total. The van der Waals surface area contributed by atoms with Crippen LogP contribution in [0.2, 0.25) is 0 Å². The van der Waals surface area contributed by atoms with Crippen molar-refractivity contribution in [3.63, 3.8) is 0 Å². The molecule has 0 saturated heterocycles. The van der Waals surface area contributed by atoms with Gasteiger partial charge in [0.2, 0.25) is 0 Å². The van der Waals surface area contributed by atoms with E-state index in [0.29, 0.717) is 6.61 Å². The normalized spacial score (nSPS) is 15.3. The van der Waals surface area contributed by atoms with Crippen LogP contribution in [0.25, 0.3) is 0 Å². The molecular formula is C7H16O3. The van der Waals surface area contributed by atoms with Crippen molar-refractivity contribution in [3.05, 3.63) is 0 Å². The van der Waals surface area contributed by atoms with E-state index in [-0.39, 0.29) is 6.61 Å². The number of rotatable bonds is 4. The van der Waals surface area contributed by atoms with Crippen molar-refractivity contribution in [1.29, 1.82) is 0 Å². The van der Waals surface area contributed by atoms with Gasteiger partial charge in [-0.05, 0) is 20.8 Å². The van der Waals surface area contributed by atoms with E-state index in [0.717, 1.165) is 0 Å². The zero-order valence-electron chi connectivity index (χ0n) is 6.79. The van der Waals surface area contributed by atoms with Crippen molar-refractivity contribution in [2.24, 2.45) is 0 Å². The van der Waals surface area contributed by atoms with Crippen molar-refractivity contribution in [3.8, 4) is 0 Å². The lowest BCUT2D eigenvalue weighted by Gasteiger charge is -2.28. The molecule has 0 aromatic rings. The van der Waals surface area contributed by atoms with E-state index in [4.69, 9.17) is 14.9 Å². The first-order chi connectivity index (χ1) is 4.54. The van der Waals surface area contributed by atoms with Gasteiger partial charge in [-0.2, -0.15) is 0 Å². The second-order valence-corrected chi connectivity index (χ2v) is 2.73. The smallest absolute Gasteiger partial charge is 0.105 e. The van der Waals surface area contributed by atoms with Gasteiger partial charge in [0.15, 0.2) is 0 Å². The van der Waals surface area contributed by atoms with Crippen LogP contribution in [0.1, 0.15) is 20.8 Å². The Morgan fingerprint density at radius 2 is 2.00 bits per heavy atom. The molecule has 62 valence electrons. The summed E-state index contributed by atoms with van der Waals surface area (Å²) < 4.78 is 5.17. The quantitative estimate of drug-likeness (QED) is 0.597. The van der Waals surface area contributed by atoms with Crippen molar-refractivity contribution in [2.45, 2.75) is 32.5 Å². The molecule has 0 heterocycles. The fourth-order valence-electron chi connectivity index (χ4n) is 0.688. The average molecular weight is 148 g/mol. The highest BCUT2D eigenvalue weighted by Gasteiger charge is 2.26. The minimum absolute atomic E-state index is 0.257. The minimum atomic E-state index is -0.799. The third-order valence-electron chi connectivity index (χ3n) is 1.49. The van der Waals surface area contributed by atoms with Gasteiger partial charge in [-0.25, -0.2) is 0 Å². The summed E-state index contributed by atoms with van der Waals surface area (Å²) in [5, 5.41) is 17.7. The third-order valence-corrected chi connectivity index (χ3v) is 1.49. The Kier molecular flexibility index (Phi) is 3.86. The Hall–Kier alpha value is -0.120. The van der Waals surface area contributed by atoms with Crippen LogP contribution in [0.15, 0.2) is 0 Å². The van der Waals surface area contributed by atoms with E-state index in [1.807, 2.05) is 6.92 Å². The van der Waals surface area contributed by atoms with Crippen LogP contribution in [0.4, 0.5) is 0 Å². The molecule has 0 amide bonds. The molecule has 0 aliphatic rings. The number of aliphatic hydroxyl groups excluding tert-OH is 2. The van der Waals surface area contributed by atoms with Gasteiger partial charge >= 0.3 is 0 Å². The van der Waals surface area contributed by atoms with E-state index in [1.54, 1.807) is 13.8 Å². The molecule has 0 aliphatic heterocycles. The molecule has 0 fully saturated rings. The van der Waals surface area contributed by atoms with Gasteiger partial charge in [0.25, 0.3) is 0 Å². The predicted octanol–water partition coefficient (Wildman–Crippen LogP) is 0.155. The summed E-state index contributed by atoms with van der Waals surface area (Å²) in [6, 6.07) is 0. The molecule has 0 rings (SSSR count). The van der Waals surface area contributed by atoms with E-state index >= 15 is 0 Å². The number of hydrogen-bond donors (Lipinski definition) is 2. The summed E-state index contributed by atoms with van der Waals surface area (Å²) >= 11 is 0. The molecule has 0 aromatic carbocycles. The molecule has 3 heteroatoms. The highest BCUT2D eigenvalue weighted by Crippen LogP contribution is 2.13. The SMILES string of the molecule is CCOC(C)(C)C(O)CO. The fourth-order valence-corrected chi connectivity index (χ4v) is 0.688. The Labute approximate surface area is 61.6 Å². The Bertz CT molecular complexity index is 90.9. The molecule has 3 nitrogen and oxygen atoms in total. The van der Waals surface area contributed by atoms with Gasteiger partial charge in [-0.1, -0.05) is 0 Å². The van der Waals surface area contributed by atoms with Gasteiger partial charge in [0, 0.05) is 6.61 Å². The minimum Gasteiger partial charge on any atom is -0.394 e. The second kappa shape index (κ2) is 3.91. The van der Waals surface area contributed by atoms with Crippen LogP contribution in [-0.4, -0.2) is 35.1 Å². The third kappa shape index (κ3) is 2.64. The largest absolute Gasteiger partial charge is 0.394 e. The topological polar surface area (TPSA) is 49.7 Å². The van der Waals surface area contributed by atoms with E-state index in [1.165, 1.54) is 0 Å². The van der Waals surface area contributed by atoms with Gasteiger partial charge in [-0.3, -0.25) is 0 Å². The second-order valence-electron chi connectivity index (χ2n) is 2.73. The average Bonchev–Trinajstić information content (AvgIpc) is 1.86. The van der Waals surface area contributed by atoms with Crippen molar-refractivity contribution in [1.82, 2.24) is 0 Å². The van der Waals surface area contributed by atoms with Gasteiger partial charge in [-0.15, -0.1) is 0 Å². The molecule has 0 spiro atoms. The molecule has 1 unspecified atom stereocenters. The highest BCUT2D eigenvalue weighted by atomic mass is 16.5. The Balaban J connectivity index is 3.82. The van der Waals surface area contributed by atoms with Gasteiger partial charge in [0.05, 0.1) is 12.2 Å². The standard InChI is InChI=1S/C7H16O3/c1-4-10-7(2,3)6(9)5-8/h6,8-9H,4-5H2,1-3H3. The molecule has 0 aromatic heterocycles. The fraction of sp³-hybridized carbons (Fsp3) is 1.00. The summed E-state index contributed by atoms with van der Waals surface area (Å²) in [6.45, 7) is 5.64.